The zero-order chi connectivity index (χ0) is 11.8. The van der Waals surface area contributed by atoms with Gasteiger partial charge in [0.05, 0.1) is 6.54 Å². The molecule has 92 valence electrons. The Bertz CT molecular complexity index is 289. The molecular weight excluding hydrogens is 206 g/mol. The quantitative estimate of drug-likeness (QED) is 0.723. The molecule has 5 nitrogen and oxygen atoms in total. The SMILES string of the molecule is CCCc1nc(CN(CC)CCCO)no1. The zero-order valence-electron chi connectivity index (χ0n) is 10.1. The van der Waals surface area contributed by atoms with Crippen molar-refractivity contribution < 1.29 is 9.63 Å². The van der Waals surface area contributed by atoms with Crippen molar-refractivity contribution in [3.63, 3.8) is 0 Å². The summed E-state index contributed by atoms with van der Waals surface area (Å²) in [5.74, 6) is 1.46. The lowest BCUT2D eigenvalue weighted by Gasteiger charge is -2.17. The number of hydrogen-bond acceptors (Lipinski definition) is 5. The highest BCUT2D eigenvalue weighted by Gasteiger charge is 2.09. The van der Waals surface area contributed by atoms with Crippen molar-refractivity contribution in [2.75, 3.05) is 19.7 Å². The van der Waals surface area contributed by atoms with Gasteiger partial charge in [0.15, 0.2) is 5.82 Å². The van der Waals surface area contributed by atoms with Gasteiger partial charge in [0, 0.05) is 19.6 Å². The summed E-state index contributed by atoms with van der Waals surface area (Å²) in [7, 11) is 0. The summed E-state index contributed by atoms with van der Waals surface area (Å²) in [6, 6.07) is 0. The fraction of sp³-hybridized carbons (Fsp3) is 0.818. The number of aromatic nitrogens is 2. The van der Waals surface area contributed by atoms with Crippen molar-refractivity contribution in [2.24, 2.45) is 0 Å². The van der Waals surface area contributed by atoms with E-state index in [1.807, 2.05) is 0 Å². The third-order valence-corrected chi connectivity index (χ3v) is 2.42. The monoisotopic (exact) mass is 227 g/mol. The highest BCUT2D eigenvalue weighted by molar-refractivity contribution is 4.86. The predicted octanol–water partition coefficient (Wildman–Crippen LogP) is 1.23. The smallest absolute Gasteiger partial charge is 0.226 e. The van der Waals surface area contributed by atoms with E-state index in [2.05, 4.69) is 28.9 Å². The molecule has 16 heavy (non-hydrogen) atoms. The minimum Gasteiger partial charge on any atom is -0.396 e. The van der Waals surface area contributed by atoms with E-state index in [1.165, 1.54) is 0 Å². The van der Waals surface area contributed by atoms with Gasteiger partial charge in [-0.1, -0.05) is 19.0 Å². The van der Waals surface area contributed by atoms with Gasteiger partial charge in [-0.25, -0.2) is 0 Å². The molecule has 0 spiro atoms. The van der Waals surface area contributed by atoms with Gasteiger partial charge in [-0.05, 0) is 19.4 Å². The second kappa shape index (κ2) is 7.35. The van der Waals surface area contributed by atoms with Gasteiger partial charge in [0.1, 0.15) is 0 Å². The lowest BCUT2D eigenvalue weighted by molar-refractivity contribution is 0.220. The minimum atomic E-state index is 0.226. The van der Waals surface area contributed by atoms with Crippen LogP contribution in [0, 0.1) is 0 Å². The molecule has 0 amide bonds. The number of aryl methyl sites for hydroxylation is 1. The van der Waals surface area contributed by atoms with Gasteiger partial charge in [-0.3, -0.25) is 4.90 Å². The number of nitrogens with zero attached hydrogens (tertiary/aromatic N) is 3. The molecule has 1 aromatic heterocycles. The van der Waals surface area contributed by atoms with Crippen LogP contribution in [0.25, 0.3) is 0 Å². The average Bonchev–Trinajstić information content (AvgIpc) is 2.72. The molecule has 1 heterocycles. The number of aliphatic hydroxyl groups is 1. The van der Waals surface area contributed by atoms with Gasteiger partial charge < -0.3 is 9.63 Å². The number of rotatable bonds is 8. The summed E-state index contributed by atoms with van der Waals surface area (Å²) in [4.78, 5) is 6.51. The maximum Gasteiger partial charge on any atom is 0.226 e. The third-order valence-electron chi connectivity index (χ3n) is 2.42. The minimum absolute atomic E-state index is 0.226. The third kappa shape index (κ3) is 4.28. The van der Waals surface area contributed by atoms with Crippen LogP contribution in [-0.4, -0.2) is 39.8 Å². The van der Waals surface area contributed by atoms with Gasteiger partial charge in [-0.2, -0.15) is 4.98 Å². The fourth-order valence-electron chi connectivity index (χ4n) is 1.51. The van der Waals surface area contributed by atoms with Crippen molar-refractivity contribution in [3.8, 4) is 0 Å². The molecule has 1 N–H and O–H groups in total. The summed E-state index contributed by atoms with van der Waals surface area (Å²) in [6.07, 6.45) is 2.65. The van der Waals surface area contributed by atoms with Crippen LogP contribution in [0.15, 0.2) is 4.52 Å². The molecule has 0 saturated heterocycles. The first-order valence-electron chi connectivity index (χ1n) is 5.94. The van der Waals surface area contributed by atoms with E-state index in [0.29, 0.717) is 6.54 Å². The molecule has 0 bridgehead atoms. The largest absolute Gasteiger partial charge is 0.396 e. The van der Waals surface area contributed by atoms with Crippen molar-refractivity contribution >= 4 is 0 Å². The molecule has 0 atom stereocenters. The molecule has 0 saturated carbocycles. The first-order chi connectivity index (χ1) is 7.80. The second-order valence-electron chi connectivity index (χ2n) is 3.80. The van der Waals surface area contributed by atoms with E-state index in [9.17, 15) is 0 Å². The van der Waals surface area contributed by atoms with Gasteiger partial charge >= 0.3 is 0 Å². The van der Waals surface area contributed by atoms with Crippen LogP contribution in [0.5, 0.6) is 0 Å². The predicted molar refractivity (Wildman–Crippen MR) is 60.9 cm³/mol. The van der Waals surface area contributed by atoms with E-state index < -0.39 is 0 Å². The molecule has 0 unspecified atom stereocenters. The molecule has 0 aromatic carbocycles. The fourth-order valence-corrected chi connectivity index (χ4v) is 1.51. The molecular formula is C11H21N3O2. The molecule has 0 aliphatic heterocycles. The Balaban J connectivity index is 2.43. The van der Waals surface area contributed by atoms with Crippen LogP contribution in [0.3, 0.4) is 0 Å². The van der Waals surface area contributed by atoms with Crippen LogP contribution in [0.4, 0.5) is 0 Å². The Morgan fingerprint density at radius 2 is 2.19 bits per heavy atom. The first kappa shape index (κ1) is 13.1. The molecule has 1 aromatic rings. The van der Waals surface area contributed by atoms with Crippen molar-refractivity contribution in [2.45, 2.75) is 39.7 Å². The van der Waals surface area contributed by atoms with Crippen LogP contribution >= 0.6 is 0 Å². The average molecular weight is 227 g/mol. The standard InChI is InChI=1S/C11H21N3O2/c1-3-6-11-12-10(13-16-11)9-14(4-2)7-5-8-15/h15H,3-9H2,1-2H3. The maximum absolute atomic E-state index is 8.77. The maximum atomic E-state index is 8.77. The van der Waals surface area contributed by atoms with E-state index in [-0.39, 0.29) is 6.61 Å². The van der Waals surface area contributed by atoms with Crippen molar-refractivity contribution in [3.05, 3.63) is 11.7 Å². The van der Waals surface area contributed by atoms with Crippen molar-refractivity contribution in [1.29, 1.82) is 0 Å². The highest BCUT2D eigenvalue weighted by atomic mass is 16.5. The van der Waals surface area contributed by atoms with E-state index >= 15 is 0 Å². The summed E-state index contributed by atoms with van der Waals surface area (Å²) in [6.45, 7) is 6.89. The van der Waals surface area contributed by atoms with E-state index in [0.717, 1.165) is 44.1 Å². The second-order valence-corrected chi connectivity index (χ2v) is 3.80. The van der Waals surface area contributed by atoms with Crippen LogP contribution in [0.2, 0.25) is 0 Å². The first-order valence-corrected chi connectivity index (χ1v) is 5.94. The Morgan fingerprint density at radius 1 is 1.38 bits per heavy atom. The summed E-state index contributed by atoms with van der Waals surface area (Å²) >= 11 is 0. The summed E-state index contributed by atoms with van der Waals surface area (Å²) in [5.41, 5.74) is 0. The van der Waals surface area contributed by atoms with E-state index in [4.69, 9.17) is 9.63 Å². The molecule has 0 aliphatic rings. The highest BCUT2D eigenvalue weighted by Crippen LogP contribution is 2.04. The summed E-state index contributed by atoms with van der Waals surface area (Å²) < 4.78 is 5.12. The van der Waals surface area contributed by atoms with Gasteiger partial charge in [0.2, 0.25) is 5.89 Å². The Kier molecular flexibility index (Phi) is 6.03. The normalized spacial score (nSPS) is 11.2. The summed E-state index contributed by atoms with van der Waals surface area (Å²) in [5, 5.41) is 12.7. The van der Waals surface area contributed by atoms with Crippen LogP contribution < -0.4 is 0 Å². The van der Waals surface area contributed by atoms with Crippen LogP contribution in [0.1, 0.15) is 38.4 Å². The number of aliphatic hydroxyl groups excluding tert-OH is 1. The Morgan fingerprint density at radius 3 is 2.81 bits per heavy atom. The molecule has 5 heteroatoms. The zero-order valence-corrected chi connectivity index (χ0v) is 10.1. The molecule has 0 fully saturated rings. The Labute approximate surface area is 96.5 Å². The lowest BCUT2D eigenvalue weighted by Crippen LogP contribution is -2.25. The number of hydrogen-bond donors (Lipinski definition) is 1. The van der Waals surface area contributed by atoms with Gasteiger partial charge in [0.25, 0.3) is 0 Å². The van der Waals surface area contributed by atoms with Crippen LogP contribution in [-0.2, 0) is 13.0 Å². The van der Waals surface area contributed by atoms with Gasteiger partial charge in [-0.15, -0.1) is 0 Å². The topological polar surface area (TPSA) is 62.4 Å². The van der Waals surface area contributed by atoms with Crippen molar-refractivity contribution in [1.82, 2.24) is 15.0 Å². The lowest BCUT2D eigenvalue weighted by atomic mass is 10.3. The molecule has 0 aliphatic carbocycles. The molecule has 1 rings (SSSR count). The molecule has 0 radical (unpaired) electrons. The Hall–Kier alpha value is -0.940. The van der Waals surface area contributed by atoms with E-state index in [1.54, 1.807) is 0 Å².